The largest absolute Gasteiger partial charge is 0.494 e. The van der Waals surface area contributed by atoms with Crippen LogP contribution in [-0.4, -0.2) is 23.5 Å². The van der Waals surface area contributed by atoms with Crippen molar-refractivity contribution >= 4 is 11.6 Å². The minimum Gasteiger partial charge on any atom is -0.494 e. The Kier molecular flexibility index (Phi) is 5.59. The number of rotatable bonds is 7. The van der Waals surface area contributed by atoms with Crippen LogP contribution in [0.2, 0.25) is 0 Å². The van der Waals surface area contributed by atoms with Crippen molar-refractivity contribution < 1.29 is 19.2 Å². The number of nitro benzene ring substituents is 1. The predicted molar refractivity (Wildman–Crippen MR) is 100 cm³/mol. The molecule has 0 saturated carbocycles. The van der Waals surface area contributed by atoms with Crippen LogP contribution in [-0.2, 0) is 24.2 Å². The van der Waals surface area contributed by atoms with Crippen molar-refractivity contribution in [2.45, 2.75) is 39.3 Å². The summed E-state index contributed by atoms with van der Waals surface area (Å²) in [6, 6.07) is 10.1. The van der Waals surface area contributed by atoms with Crippen LogP contribution in [0, 0.1) is 10.1 Å². The highest BCUT2D eigenvalue weighted by Crippen LogP contribution is 2.35. The Morgan fingerprint density at radius 3 is 2.85 bits per heavy atom. The smallest absolute Gasteiger partial charge is 0.273 e. The van der Waals surface area contributed by atoms with Crippen molar-refractivity contribution in [2.75, 3.05) is 6.61 Å². The Labute approximate surface area is 157 Å². The molecule has 142 valence electrons. The minimum absolute atomic E-state index is 0.0532. The summed E-state index contributed by atoms with van der Waals surface area (Å²) in [6.45, 7) is 4.70. The van der Waals surface area contributed by atoms with E-state index >= 15 is 0 Å². The van der Waals surface area contributed by atoms with Gasteiger partial charge < -0.3 is 14.8 Å². The SMILES string of the molecule is CCOc1cc2c(cc1CNC(=O)Cc1ccccc1[N+](=O)[O-])O[C@@H](C)C2. The molecule has 7 heteroatoms. The monoisotopic (exact) mass is 370 g/mol. The lowest BCUT2D eigenvalue weighted by molar-refractivity contribution is -0.385. The van der Waals surface area contributed by atoms with Crippen molar-refractivity contribution in [1.29, 1.82) is 0 Å². The third-order valence-electron chi connectivity index (χ3n) is 4.39. The third-order valence-corrected chi connectivity index (χ3v) is 4.39. The number of amides is 1. The first kappa shape index (κ1) is 18.7. The molecule has 1 aliphatic rings. The zero-order valence-corrected chi connectivity index (χ0v) is 15.4. The van der Waals surface area contributed by atoms with Gasteiger partial charge in [-0.3, -0.25) is 14.9 Å². The summed E-state index contributed by atoms with van der Waals surface area (Å²) in [5, 5.41) is 13.9. The van der Waals surface area contributed by atoms with Gasteiger partial charge in [0.15, 0.2) is 0 Å². The summed E-state index contributed by atoms with van der Waals surface area (Å²) < 4.78 is 11.5. The number of ether oxygens (including phenoxy) is 2. The van der Waals surface area contributed by atoms with Crippen molar-refractivity contribution in [3.8, 4) is 11.5 Å². The first-order valence-electron chi connectivity index (χ1n) is 8.92. The lowest BCUT2D eigenvalue weighted by Crippen LogP contribution is -2.25. The molecule has 1 atom stereocenters. The highest BCUT2D eigenvalue weighted by molar-refractivity contribution is 5.79. The maximum atomic E-state index is 12.3. The number of carbonyl (C=O) groups is 1. The van der Waals surface area contributed by atoms with E-state index < -0.39 is 4.92 Å². The highest BCUT2D eigenvalue weighted by Gasteiger charge is 2.22. The number of nitro groups is 1. The van der Waals surface area contributed by atoms with Gasteiger partial charge in [0.2, 0.25) is 5.91 Å². The molecule has 2 aromatic carbocycles. The van der Waals surface area contributed by atoms with Gasteiger partial charge >= 0.3 is 0 Å². The Bertz CT molecular complexity index is 865. The summed E-state index contributed by atoms with van der Waals surface area (Å²) in [5.74, 6) is 1.25. The summed E-state index contributed by atoms with van der Waals surface area (Å²) >= 11 is 0. The van der Waals surface area contributed by atoms with E-state index in [1.54, 1.807) is 18.2 Å². The van der Waals surface area contributed by atoms with E-state index in [0.717, 1.165) is 29.0 Å². The molecule has 1 amide bonds. The number of nitrogens with one attached hydrogen (secondary N) is 1. The average Bonchev–Trinajstić information content (AvgIpc) is 2.99. The zero-order chi connectivity index (χ0) is 19.4. The summed E-state index contributed by atoms with van der Waals surface area (Å²) in [6.07, 6.45) is 0.900. The van der Waals surface area contributed by atoms with Crippen molar-refractivity contribution in [1.82, 2.24) is 5.32 Å². The lowest BCUT2D eigenvalue weighted by atomic mass is 10.1. The fourth-order valence-electron chi connectivity index (χ4n) is 3.18. The van der Waals surface area contributed by atoms with Crippen molar-refractivity contribution in [2.24, 2.45) is 0 Å². The van der Waals surface area contributed by atoms with Gasteiger partial charge in [-0.1, -0.05) is 18.2 Å². The number of hydrogen-bond donors (Lipinski definition) is 1. The van der Waals surface area contributed by atoms with Gasteiger partial charge in [0, 0.05) is 35.7 Å². The van der Waals surface area contributed by atoms with Crippen LogP contribution < -0.4 is 14.8 Å². The molecule has 0 bridgehead atoms. The second-order valence-corrected chi connectivity index (χ2v) is 6.47. The van der Waals surface area contributed by atoms with Gasteiger partial charge in [-0.25, -0.2) is 0 Å². The standard InChI is InChI=1S/C20H22N2O5/c1-3-26-18-9-15-8-13(2)27-19(15)10-16(18)12-21-20(23)11-14-6-4-5-7-17(14)22(24)25/h4-7,9-10,13H,3,8,11-12H2,1-2H3,(H,21,23)/t13-/m0/s1. The van der Waals surface area contributed by atoms with Crippen LogP contribution in [0.25, 0.3) is 0 Å². The first-order valence-corrected chi connectivity index (χ1v) is 8.92. The van der Waals surface area contributed by atoms with E-state index in [4.69, 9.17) is 9.47 Å². The Balaban J connectivity index is 1.70. The fraction of sp³-hybridized carbons (Fsp3) is 0.350. The van der Waals surface area contributed by atoms with Gasteiger partial charge in [-0.2, -0.15) is 0 Å². The molecule has 0 unspecified atom stereocenters. The molecule has 0 radical (unpaired) electrons. The van der Waals surface area contributed by atoms with Crippen LogP contribution in [0.15, 0.2) is 36.4 Å². The van der Waals surface area contributed by atoms with Crippen LogP contribution in [0.5, 0.6) is 11.5 Å². The molecule has 0 aliphatic carbocycles. The number of nitrogens with zero attached hydrogens (tertiary/aromatic N) is 1. The number of benzene rings is 2. The van der Waals surface area contributed by atoms with E-state index in [-0.39, 0.29) is 30.7 Å². The Hall–Kier alpha value is -3.09. The van der Waals surface area contributed by atoms with E-state index in [1.165, 1.54) is 6.07 Å². The maximum Gasteiger partial charge on any atom is 0.273 e. The highest BCUT2D eigenvalue weighted by atomic mass is 16.6. The minimum atomic E-state index is -0.477. The molecule has 0 saturated heterocycles. The second kappa shape index (κ2) is 8.07. The van der Waals surface area contributed by atoms with Crippen molar-refractivity contribution in [3.63, 3.8) is 0 Å². The summed E-state index contributed by atoms with van der Waals surface area (Å²) in [4.78, 5) is 22.9. The summed E-state index contributed by atoms with van der Waals surface area (Å²) in [5.41, 5.74) is 2.25. The average molecular weight is 370 g/mol. The number of carbonyl (C=O) groups excluding carboxylic acids is 1. The van der Waals surface area contributed by atoms with Crippen molar-refractivity contribution in [3.05, 3.63) is 63.2 Å². The topological polar surface area (TPSA) is 90.7 Å². The van der Waals surface area contributed by atoms with Crippen LogP contribution in [0.3, 0.4) is 0 Å². The maximum absolute atomic E-state index is 12.3. The lowest BCUT2D eigenvalue weighted by Gasteiger charge is -2.13. The molecule has 0 fully saturated rings. The van der Waals surface area contributed by atoms with Crippen LogP contribution in [0.4, 0.5) is 5.69 Å². The Morgan fingerprint density at radius 2 is 2.11 bits per heavy atom. The molecule has 1 N–H and O–H groups in total. The van der Waals surface area contributed by atoms with E-state index in [0.29, 0.717) is 12.2 Å². The van der Waals surface area contributed by atoms with Gasteiger partial charge in [-0.05, 0) is 26.0 Å². The summed E-state index contributed by atoms with van der Waals surface area (Å²) in [7, 11) is 0. The van der Waals surface area contributed by atoms with E-state index in [2.05, 4.69) is 5.32 Å². The van der Waals surface area contributed by atoms with E-state index in [1.807, 2.05) is 26.0 Å². The van der Waals surface area contributed by atoms with Gasteiger partial charge in [0.25, 0.3) is 5.69 Å². The Morgan fingerprint density at radius 1 is 1.33 bits per heavy atom. The van der Waals surface area contributed by atoms with Gasteiger partial charge in [-0.15, -0.1) is 0 Å². The van der Waals surface area contributed by atoms with E-state index in [9.17, 15) is 14.9 Å². The molecular weight excluding hydrogens is 348 g/mol. The fourth-order valence-corrected chi connectivity index (χ4v) is 3.18. The molecule has 0 spiro atoms. The van der Waals surface area contributed by atoms with Gasteiger partial charge in [0.1, 0.15) is 17.6 Å². The zero-order valence-electron chi connectivity index (χ0n) is 15.4. The molecule has 1 heterocycles. The predicted octanol–water partition coefficient (Wildman–Crippen LogP) is 3.18. The molecule has 27 heavy (non-hydrogen) atoms. The third kappa shape index (κ3) is 4.36. The quantitative estimate of drug-likeness (QED) is 0.597. The van der Waals surface area contributed by atoms with Gasteiger partial charge in [0.05, 0.1) is 18.0 Å². The van der Waals surface area contributed by atoms with Crippen LogP contribution in [0.1, 0.15) is 30.5 Å². The normalized spacial score (nSPS) is 15.0. The van der Waals surface area contributed by atoms with Crippen LogP contribution >= 0.6 is 0 Å². The number of fused-ring (bicyclic) bond motifs is 1. The molecular formula is C20H22N2O5. The molecule has 7 nitrogen and oxygen atoms in total. The number of para-hydroxylation sites is 1. The molecule has 2 aromatic rings. The molecule has 0 aromatic heterocycles. The number of hydrogen-bond acceptors (Lipinski definition) is 5. The first-order chi connectivity index (χ1) is 13.0. The molecule has 3 rings (SSSR count). The molecule has 1 aliphatic heterocycles. The second-order valence-electron chi connectivity index (χ2n) is 6.47.